The molecule has 0 spiro atoms. The minimum atomic E-state index is -4.08. The molecule has 0 bridgehead atoms. The Bertz CT molecular complexity index is 376. The van der Waals surface area contributed by atoms with E-state index in [4.69, 9.17) is 4.74 Å². The zero-order valence-corrected chi connectivity index (χ0v) is 12.0. The topological polar surface area (TPSA) is 21.3 Å². The first-order valence-electron chi connectivity index (χ1n) is 6.87. The van der Waals surface area contributed by atoms with Crippen molar-refractivity contribution >= 4 is 0 Å². The van der Waals surface area contributed by atoms with Crippen molar-refractivity contribution in [1.82, 2.24) is 5.32 Å². The van der Waals surface area contributed by atoms with E-state index >= 15 is 0 Å². The van der Waals surface area contributed by atoms with Gasteiger partial charge in [0.2, 0.25) is 0 Å². The second-order valence-electron chi connectivity index (χ2n) is 4.80. The maximum atomic E-state index is 12.3. The number of aryl methyl sites for hydroxylation is 1. The second-order valence-corrected chi connectivity index (χ2v) is 4.80. The Kier molecular flexibility index (Phi) is 6.85. The van der Waals surface area contributed by atoms with Gasteiger partial charge in [-0.2, -0.15) is 13.2 Å². The van der Waals surface area contributed by atoms with Gasteiger partial charge >= 0.3 is 6.18 Å². The summed E-state index contributed by atoms with van der Waals surface area (Å²) in [6, 6.07) is 7.54. The number of methoxy groups -OCH3 is 1. The fraction of sp³-hybridized carbons (Fsp3) is 0.600. The van der Waals surface area contributed by atoms with E-state index in [2.05, 4.69) is 5.32 Å². The molecule has 0 aliphatic heterocycles. The Balaban J connectivity index is 2.44. The van der Waals surface area contributed by atoms with Gasteiger partial charge in [-0.25, -0.2) is 0 Å². The highest BCUT2D eigenvalue weighted by Crippen LogP contribution is 2.23. The van der Waals surface area contributed by atoms with Gasteiger partial charge < -0.3 is 10.1 Å². The lowest BCUT2D eigenvalue weighted by Gasteiger charge is -2.18. The molecule has 0 aromatic heterocycles. The van der Waals surface area contributed by atoms with E-state index in [-0.39, 0.29) is 12.5 Å². The van der Waals surface area contributed by atoms with Crippen molar-refractivity contribution in [2.75, 3.05) is 13.7 Å². The van der Waals surface area contributed by atoms with Crippen LogP contribution < -0.4 is 10.1 Å². The van der Waals surface area contributed by atoms with Gasteiger partial charge in [-0.05, 0) is 43.5 Å². The Morgan fingerprint density at radius 1 is 1.15 bits per heavy atom. The zero-order valence-electron chi connectivity index (χ0n) is 12.0. The molecule has 1 atom stereocenters. The molecule has 0 aliphatic carbocycles. The molecule has 1 unspecified atom stereocenters. The van der Waals surface area contributed by atoms with Gasteiger partial charge in [0.1, 0.15) is 5.75 Å². The van der Waals surface area contributed by atoms with Crippen LogP contribution in [0.1, 0.15) is 31.7 Å². The smallest absolute Gasteiger partial charge is 0.389 e. The van der Waals surface area contributed by atoms with Crippen LogP contribution >= 0.6 is 0 Å². The molecule has 114 valence electrons. The molecular formula is C15H22F3NO. The first-order chi connectivity index (χ1) is 9.44. The zero-order chi connectivity index (χ0) is 15.0. The van der Waals surface area contributed by atoms with Crippen molar-refractivity contribution in [3.63, 3.8) is 0 Å². The molecule has 2 nitrogen and oxygen atoms in total. The van der Waals surface area contributed by atoms with E-state index < -0.39 is 12.6 Å². The molecule has 1 aromatic rings. The third-order valence-corrected chi connectivity index (χ3v) is 3.21. The summed E-state index contributed by atoms with van der Waals surface area (Å²) >= 11 is 0. The number of nitrogens with one attached hydrogen (secondary N) is 1. The summed E-state index contributed by atoms with van der Waals surface area (Å²) in [4.78, 5) is 0. The minimum Gasteiger partial charge on any atom is -0.497 e. The van der Waals surface area contributed by atoms with E-state index in [0.29, 0.717) is 13.0 Å². The lowest BCUT2D eigenvalue weighted by Crippen LogP contribution is -2.30. The summed E-state index contributed by atoms with van der Waals surface area (Å²) in [5.41, 5.74) is 1.11. The molecule has 0 fully saturated rings. The molecular weight excluding hydrogens is 267 g/mol. The van der Waals surface area contributed by atoms with E-state index in [1.54, 1.807) is 7.11 Å². The van der Waals surface area contributed by atoms with Crippen molar-refractivity contribution in [2.24, 2.45) is 0 Å². The molecule has 0 amide bonds. The predicted molar refractivity (Wildman–Crippen MR) is 74.1 cm³/mol. The SMILES string of the molecule is CCNC(CCc1ccc(OC)cc1)CCC(F)(F)F. The minimum absolute atomic E-state index is 0.0938. The standard InChI is InChI=1S/C15H22F3NO/c1-3-19-13(10-11-15(16,17)18)7-4-12-5-8-14(20-2)9-6-12/h5-6,8-9,13,19H,3-4,7,10-11H2,1-2H3. The van der Waals surface area contributed by atoms with Crippen LogP contribution in [0.3, 0.4) is 0 Å². The van der Waals surface area contributed by atoms with Gasteiger partial charge in [0.25, 0.3) is 0 Å². The normalized spacial score (nSPS) is 13.2. The van der Waals surface area contributed by atoms with Crippen LogP contribution in [0.15, 0.2) is 24.3 Å². The van der Waals surface area contributed by atoms with Crippen molar-refractivity contribution in [1.29, 1.82) is 0 Å². The number of hydrogen-bond acceptors (Lipinski definition) is 2. The summed E-state index contributed by atoms with van der Waals surface area (Å²) in [6.07, 6.45) is -3.20. The van der Waals surface area contributed by atoms with Gasteiger partial charge in [-0.15, -0.1) is 0 Å². The Morgan fingerprint density at radius 3 is 2.30 bits per heavy atom. The van der Waals surface area contributed by atoms with Crippen LogP contribution in [0, 0.1) is 0 Å². The number of alkyl halides is 3. The van der Waals surface area contributed by atoms with Crippen LogP contribution in [0.5, 0.6) is 5.75 Å². The summed E-state index contributed by atoms with van der Waals surface area (Å²) in [5.74, 6) is 0.786. The summed E-state index contributed by atoms with van der Waals surface area (Å²) in [5, 5.41) is 3.12. The average molecular weight is 289 g/mol. The highest BCUT2D eigenvalue weighted by molar-refractivity contribution is 5.27. The fourth-order valence-corrected chi connectivity index (χ4v) is 2.11. The van der Waals surface area contributed by atoms with Gasteiger partial charge in [0.05, 0.1) is 7.11 Å². The van der Waals surface area contributed by atoms with Crippen molar-refractivity contribution in [3.8, 4) is 5.75 Å². The second kappa shape index (κ2) is 8.15. The third kappa shape index (κ3) is 6.80. The van der Waals surface area contributed by atoms with Gasteiger partial charge in [0.15, 0.2) is 0 Å². The van der Waals surface area contributed by atoms with Crippen LogP contribution in [0.25, 0.3) is 0 Å². The monoisotopic (exact) mass is 289 g/mol. The Labute approximate surface area is 118 Å². The summed E-state index contributed by atoms with van der Waals surface area (Å²) in [7, 11) is 1.60. The summed E-state index contributed by atoms with van der Waals surface area (Å²) in [6.45, 7) is 2.60. The first-order valence-corrected chi connectivity index (χ1v) is 6.87. The molecule has 1 aromatic carbocycles. The lowest BCUT2D eigenvalue weighted by molar-refractivity contribution is -0.136. The molecule has 1 rings (SSSR count). The number of rotatable bonds is 8. The van der Waals surface area contributed by atoms with E-state index in [0.717, 1.165) is 17.7 Å². The molecule has 0 heterocycles. The largest absolute Gasteiger partial charge is 0.497 e. The van der Waals surface area contributed by atoms with E-state index in [9.17, 15) is 13.2 Å². The molecule has 0 saturated heterocycles. The van der Waals surface area contributed by atoms with Crippen LogP contribution in [0.2, 0.25) is 0 Å². The van der Waals surface area contributed by atoms with Crippen molar-refractivity contribution < 1.29 is 17.9 Å². The molecule has 0 aliphatic rings. The Hall–Kier alpha value is -1.23. The van der Waals surface area contributed by atoms with E-state index in [1.807, 2.05) is 31.2 Å². The number of ether oxygens (including phenoxy) is 1. The average Bonchev–Trinajstić information content (AvgIpc) is 2.41. The summed E-state index contributed by atoms with van der Waals surface area (Å²) < 4.78 is 41.9. The third-order valence-electron chi connectivity index (χ3n) is 3.21. The number of benzene rings is 1. The Morgan fingerprint density at radius 2 is 1.80 bits per heavy atom. The van der Waals surface area contributed by atoms with Gasteiger partial charge in [-0.1, -0.05) is 19.1 Å². The molecule has 0 radical (unpaired) electrons. The number of halogens is 3. The maximum Gasteiger partial charge on any atom is 0.389 e. The molecule has 20 heavy (non-hydrogen) atoms. The van der Waals surface area contributed by atoms with Crippen LogP contribution in [-0.2, 0) is 6.42 Å². The quantitative estimate of drug-likeness (QED) is 0.782. The first kappa shape index (κ1) is 16.8. The number of hydrogen-bond donors (Lipinski definition) is 1. The van der Waals surface area contributed by atoms with Crippen molar-refractivity contribution in [3.05, 3.63) is 29.8 Å². The van der Waals surface area contributed by atoms with Crippen LogP contribution in [0.4, 0.5) is 13.2 Å². The van der Waals surface area contributed by atoms with Crippen LogP contribution in [-0.4, -0.2) is 25.9 Å². The molecule has 0 saturated carbocycles. The molecule has 1 N–H and O–H groups in total. The van der Waals surface area contributed by atoms with Gasteiger partial charge in [0, 0.05) is 12.5 Å². The highest BCUT2D eigenvalue weighted by atomic mass is 19.4. The van der Waals surface area contributed by atoms with E-state index in [1.165, 1.54) is 0 Å². The molecule has 5 heteroatoms. The lowest BCUT2D eigenvalue weighted by atomic mass is 10.0. The fourth-order valence-electron chi connectivity index (χ4n) is 2.11. The van der Waals surface area contributed by atoms with Gasteiger partial charge in [-0.3, -0.25) is 0 Å². The predicted octanol–water partition coefficient (Wildman–Crippen LogP) is 3.95. The maximum absolute atomic E-state index is 12.3. The highest BCUT2D eigenvalue weighted by Gasteiger charge is 2.27. The van der Waals surface area contributed by atoms with Crippen molar-refractivity contribution in [2.45, 2.75) is 44.8 Å².